The van der Waals surface area contributed by atoms with Crippen molar-refractivity contribution >= 4 is 11.6 Å². The summed E-state index contributed by atoms with van der Waals surface area (Å²) in [5.41, 5.74) is 7.50. The summed E-state index contributed by atoms with van der Waals surface area (Å²) in [5.74, 6) is 0. The molecule has 2 rings (SSSR count). The summed E-state index contributed by atoms with van der Waals surface area (Å²) in [6, 6.07) is 8.15. The zero-order valence-electron chi connectivity index (χ0n) is 11.4. The molecule has 3 nitrogen and oxygen atoms in total. The summed E-state index contributed by atoms with van der Waals surface area (Å²) in [6.07, 6.45) is 2.61. The third-order valence-electron chi connectivity index (χ3n) is 3.91. The number of rotatable bonds is 4. The molecular formula is C15H23ClN2O. The van der Waals surface area contributed by atoms with Gasteiger partial charge in [-0.3, -0.25) is 4.90 Å². The lowest BCUT2D eigenvalue weighted by Gasteiger charge is -2.39. The predicted octanol–water partition coefficient (Wildman–Crippen LogP) is 2.58. The molecule has 1 fully saturated rings. The number of β-amino-alcohol motifs (C(OH)–C–C–N with tert-alkyl or cyclic N) is 1. The Hall–Kier alpha value is -0.610. The summed E-state index contributed by atoms with van der Waals surface area (Å²) in [4.78, 5) is 2.31. The lowest BCUT2D eigenvalue weighted by molar-refractivity contribution is 0.0385. The van der Waals surface area contributed by atoms with Gasteiger partial charge in [-0.15, -0.1) is 0 Å². The Kier molecular flexibility index (Phi) is 5.22. The predicted molar refractivity (Wildman–Crippen MR) is 79.3 cm³/mol. The maximum absolute atomic E-state index is 9.87. The van der Waals surface area contributed by atoms with Gasteiger partial charge in [0.1, 0.15) is 0 Å². The van der Waals surface area contributed by atoms with Crippen LogP contribution in [0.1, 0.15) is 37.8 Å². The van der Waals surface area contributed by atoms with Gasteiger partial charge in [0.15, 0.2) is 0 Å². The van der Waals surface area contributed by atoms with Crippen LogP contribution in [0.15, 0.2) is 24.3 Å². The van der Waals surface area contributed by atoms with Crippen molar-refractivity contribution in [3.63, 3.8) is 0 Å². The van der Waals surface area contributed by atoms with Gasteiger partial charge in [0, 0.05) is 23.7 Å². The molecule has 0 aliphatic carbocycles. The fourth-order valence-corrected chi connectivity index (χ4v) is 2.97. The lowest BCUT2D eigenvalue weighted by Crippen LogP contribution is -2.47. The first-order valence-corrected chi connectivity index (χ1v) is 7.42. The van der Waals surface area contributed by atoms with E-state index in [0.717, 1.165) is 30.8 Å². The minimum absolute atomic E-state index is 0.0754. The van der Waals surface area contributed by atoms with Crippen LogP contribution < -0.4 is 5.73 Å². The number of nitrogens with zero attached hydrogens (tertiary/aromatic N) is 1. The number of hydrogen-bond donors (Lipinski definition) is 2. The molecule has 1 aliphatic rings. The van der Waals surface area contributed by atoms with Crippen molar-refractivity contribution < 1.29 is 5.11 Å². The highest BCUT2D eigenvalue weighted by Gasteiger charge is 2.29. The lowest BCUT2D eigenvalue weighted by atomic mass is 9.94. The van der Waals surface area contributed by atoms with Gasteiger partial charge in [-0.2, -0.15) is 0 Å². The smallest absolute Gasteiger partial charge is 0.0667 e. The average Bonchev–Trinajstić information content (AvgIpc) is 2.41. The van der Waals surface area contributed by atoms with Crippen LogP contribution in [0.4, 0.5) is 0 Å². The van der Waals surface area contributed by atoms with Gasteiger partial charge in [0.2, 0.25) is 0 Å². The number of aliphatic hydroxyl groups excluding tert-OH is 1. The summed E-state index contributed by atoms with van der Waals surface area (Å²) < 4.78 is 0. The molecule has 3 N–H and O–H groups in total. The molecule has 1 heterocycles. The van der Waals surface area contributed by atoms with Crippen molar-refractivity contribution in [2.75, 3.05) is 13.1 Å². The molecule has 1 aromatic carbocycles. The molecule has 1 aromatic rings. The van der Waals surface area contributed by atoms with Crippen molar-refractivity contribution in [1.82, 2.24) is 4.90 Å². The highest BCUT2D eigenvalue weighted by atomic mass is 35.5. The molecule has 1 aliphatic heterocycles. The van der Waals surface area contributed by atoms with Crippen molar-refractivity contribution in [2.45, 2.75) is 44.4 Å². The molecule has 106 valence electrons. The summed E-state index contributed by atoms with van der Waals surface area (Å²) in [6.45, 7) is 3.81. The molecule has 0 spiro atoms. The third-order valence-corrected chi connectivity index (χ3v) is 4.16. The zero-order chi connectivity index (χ0) is 13.8. The maximum Gasteiger partial charge on any atom is 0.0667 e. The molecule has 0 radical (unpaired) electrons. The highest BCUT2D eigenvalue weighted by molar-refractivity contribution is 6.30. The van der Waals surface area contributed by atoms with Crippen LogP contribution in [0.25, 0.3) is 0 Å². The fraction of sp³-hybridized carbons (Fsp3) is 0.600. The standard InChI is InChI=1S/C15H23ClN2O/c1-2-14(17)15(11-5-7-12(16)8-6-11)18-9-3-4-13(19)10-18/h5-8,13-15,19H,2-4,9-10,17H2,1H3. The molecule has 0 saturated carbocycles. The van der Waals surface area contributed by atoms with E-state index in [-0.39, 0.29) is 18.2 Å². The van der Waals surface area contributed by atoms with Crippen molar-refractivity contribution in [1.29, 1.82) is 0 Å². The van der Waals surface area contributed by atoms with E-state index in [4.69, 9.17) is 17.3 Å². The number of piperidine rings is 1. The van der Waals surface area contributed by atoms with Crippen LogP contribution >= 0.6 is 11.6 Å². The second kappa shape index (κ2) is 6.71. The van der Waals surface area contributed by atoms with Crippen LogP contribution in [0.5, 0.6) is 0 Å². The third kappa shape index (κ3) is 3.69. The second-order valence-electron chi connectivity index (χ2n) is 5.36. The monoisotopic (exact) mass is 282 g/mol. The Morgan fingerprint density at radius 1 is 1.42 bits per heavy atom. The summed E-state index contributed by atoms with van der Waals surface area (Å²) in [7, 11) is 0. The van der Waals surface area contributed by atoms with Gasteiger partial charge in [0.25, 0.3) is 0 Å². The molecule has 1 saturated heterocycles. The topological polar surface area (TPSA) is 49.5 Å². The molecular weight excluding hydrogens is 260 g/mol. The first kappa shape index (κ1) is 14.8. The van der Waals surface area contributed by atoms with E-state index in [2.05, 4.69) is 11.8 Å². The number of halogens is 1. The molecule has 3 unspecified atom stereocenters. The molecule has 0 aromatic heterocycles. The first-order chi connectivity index (χ1) is 9.11. The highest BCUT2D eigenvalue weighted by Crippen LogP contribution is 2.29. The maximum atomic E-state index is 9.87. The van der Waals surface area contributed by atoms with Crippen LogP contribution in [0, 0.1) is 0 Å². The van der Waals surface area contributed by atoms with E-state index in [1.54, 1.807) is 0 Å². The first-order valence-electron chi connectivity index (χ1n) is 7.05. The van der Waals surface area contributed by atoms with Crippen LogP contribution in [0.2, 0.25) is 5.02 Å². The minimum Gasteiger partial charge on any atom is -0.392 e. The molecule has 0 bridgehead atoms. The molecule has 19 heavy (non-hydrogen) atoms. The Labute approximate surface area is 120 Å². The largest absolute Gasteiger partial charge is 0.392 e. The minimum atomic E-state index is -0.229. The van der Waals surface area contributed by atoms with E-state index in [0.29, 0.717) is 6.54 Å². The molecule has 4 heteroatoms. The van der Waals surface area contributed by atoms with Gasteiger partial charge in [-0.05, 0) is 43.5 Å². The van der Waals surface area contributed by atoms with Gasteiger partial charge in [-0.25, -0.2) is 0 Å². The summed E-state index contributed by atoms with van der Waals surface area (Å²) in [5, 5.41) is 10.6. The number of aliphatic hydroxyl groups is 1. The van der Waals surface area contributed by atoms with Gasteiger partial charge in [-0.1, -0.05) is 30.7 Å². The SMILES string of the molecule is CCC(N)C(c1ccc(Cl)cc1)N1CCCC(O)C1. The second-order valence-corrected chi connectivity index (χ2v) is 5.80. The molecule has 3 atom stereocenters. The van der Waals surface area contributed by atoms with E-state index >= 15 is 0 Å². The number of hydrogen-bond acceptors (Lipinski definition) is 3. The van der Waals surface area contributed by atoms with E-state index in [9.17, 15) is 5.11 Å². The van der Waals surface area contributed by atoms with Crippen LogP contribution in [0.3, 0.4) is 0 Å². The zero-order valence-corrected chi connectivity index (χ0v) is 12.2. The van der Waals surface area contributed by atoms with E-state index in [1.807, 2.05) is 24.3 Å². The Bertz CT molecular complexity index is 396. The Morgan fingerprint density at radius 2 is 2.11 bits per heavy atom. The number of nitrogens with two attached hydrogens (primary N) is 1. The van der Waals surface area contributed by atoms with Crippen LogP contribution in [-0.4, -0.2) is 35.2 Å². The summed E-state index contributed by atoms with van der Waals surface area (Å²) >= 11 is 5.95. The quantitative estimate of drug-likeness (QED) is 0.892. The number of likely N-dealkylation sites (tertiary alicyclic amines) is 1. The number of benzene rings is 1. The normalized spacial score (nSPS) is 24.1. The van der Waals surface area contributed by atoms with Gasteiger partial charge < -0.3 is 10.8 Å². The van der Waals surface area contributed by atoms with Crippen LogP contribution in [-0.2, 0) is 0 Å². The van der Waals surface area contributed by atoms with Crippen molar-refractivity contribution in [3.05, 3.63) is 34.9 Å². The van der Waals surface area contributed by atoms with Crippen molar-refractivity contribution in [2.24, 2.45) is 5.73 Å². The Balaban J connectivity index is 2.22. The van der Waals surface area contributed by atoms with E-state index in [1.165, 1.54) is 5.56 Å². The van der Waals surface area contributed by atoms with Crippen molar-refractivity contribution in [3.8, 4) is 0 Å². The average molecular weight is 283 g/mol. The Morgan fingerprint density at radius 3 is 2.68 bits per heavy atom. The van der Waals surface area contributed by atoms with Gasteiger partial charge >= 0.3 is 0 Å². The fourth-order valence-electron chi connectivity index (χ4n) is 2.85. The van der Waals surface area contributed by atoms with Gasteiger partial charge in [0.05, 0.1) is 6.10 Å². The van der Waals surface area contributed by atoms with E-state index < -0.39 is 0 Å². The molecule has 0 amide bonds.